The molecule has 0 unspecified atom stereocenters. The zero-order valence-corrected chi connectivity index (χ0v) is 26.7. The summed E-state index contributed by atoms with van der Waals surface area (Å²) < 4.78 is 29.2. The van der Waals surface area contributed by atoms with Crippen LogP contribution in [0.4, 0.5) is 15.0 Å². The number of amides is 1. The molecular formula is C32H34ClFN6O5. The van der Waals surface area contributed by atoms with Gasteiger partial charge in [0.15, 0.2) is 17.6 Å². The first-order valence-electron chi connectivity index (χ1n) is 14.8. The summed E-state index contributed by atoms with van der Waals surface area (Å²) in [7, 11) is 0. The van der Waals surface area contributed by atoms with Gasteiger partial charge in [0, 0.05) is 37.2 Å². The van der Waals surface area contributed by atoms with Gasteiger partial charge in [-0.1, -0.05) is 37.6 Å². The zero-order valence-electron chi connectivity index (χ0n) is 25.9. The van der Waals surface area contributed by atoms with E-state index in [-0.39, 0.29) is 52.6 Å². The Hall–Kier alpha value is -4.45. The second-order valence-electron chi connectivity index (χ2n) is 12.6. The number of nitrogens with zero attached hydrogens (tertiary/aromatic N) is 6. The number of ether oxygens (including phenoxy) is 2. The SMILES string of the molecule is Cc1cc[n+]([O-])c(C(C)C)c1-n1c(=O)nc2c3c(c(Cl)c(-c4ccccc4F)nc31)OC[C@H]1CN(C(=O)OC(C)(C)C)CCN21. The van der Waals surface area contributed by atoms with Crippen LogP contribution in [0.1, 0.15) is 51.8 Å². The van der Waals surface area contributed by atoms with Crippen molar-refractivity contribution in [3.05, 3.63) is 74.3 Å². The van der Waals surface area contributed by atoms with Crippen LogP contribution in [0.3, 0.4) is 0 Å². The minimum absolute atomic E-state index is 0.0532. The van der Waals surface area contributed by atoms with Gasteiger partial charge < -0.3 is 24.5 Å². The highest BCUT2D eigenvalue weighted by Crippen LogP contribution is 2.45. The minimum atomic E-state index is -0.677. The second-order valence-corrected chi connectivity index (χ2v) is 13.0. The molecule has 3 aromatic heterocycles. The zero-order chi connectivity index (χ0) is 32.4. The minimum Gasteiger partial charge on any atom is -0.618 e. The highest BCUT2D eigenvalue weighted by Gasteiger charge is 2.39. The Morgan fingerprint density at radius 2 is 1.93 bits per heavy atom. The number of pyridine rings is 2. The Bertz CT molecular complexity index is 1910. The summed E-state index contributed by atoms with van der Waals surface area (Å²) in [5.74, 6) is -0.355. The molecule has 1 fully saturated rings. The molecule has 13 heteroatoms. The number of piperazine rings is 1. The first-order valence-corrected chi connectivity index (χ1v) is 15.2. The van der Waals surface area contributed by atoms with Gasteiger partial charge in [0.05, 0.1) is 11.7 Å². The van der Waals surface area contributed by atoms with Gasteiger partial charge >= 0.3 is 11.8 Å². The molecule has 0 N–H and O–H groups in total. The Labute approximate surface area is 264 Å². The molecule has 236 valence electrons. The topological polar surface area (TPSA) is 117 Å². The summed E-state index contributed by atoms with van der Waals surface area (Å²) in [6.07, 6.45) is 0.945. The van der Waals surface area contributed by atoms with Crippen LogP contribution in [0, 0.1) is 17.9 Å². The van der Waals surface area contributed by atoms with E-state index >= 15 is 4.39 Å². The van der Waals surface area contributed by atoms with Crippen molar-refractivity contribution in [1.29, 1.82) is 0 Å². The third kappa shape index (κ3) is 5.30. The molecule has 1 saturated heterocycles. The molecule has 0 spiro atoms. The summed E-state index contributed by atoms with van der Waals surface area (Å²) in [6, 6.07) is 7.27. The Morgan fingerprint density at radius 1 is 1.20 bits per heavy atom. The van der Waals surface area contributed by atoms with Gasteiger partial charge in [-0.05, 0) is 45.4 Å². The van der Waals surface area contributed by atoms with Crippen molar-refractivity contribution in [3.8, 4) is 22.7 Å². The van der Waals surface area contributed by atoms with Crippen molar-refractivity contribution < 1.29 is 23.4 Å². The molecule has 0 radical (unpaired) electrons. The molecule has 11 nitrogen and oxygen atoms in total. The largest absolute Gasteiger partial charge is 0.618 e. The van der Waals surface area contributed by atoms with Crippen LogP contribution in [-0.2, 0) is 4.74 Å². The van der Waals surface area contributed by atoms with Crippen LogP contribution in [0.5, 0.6) is 5.75 Å². The number of fused-ring (bicyclic) bond motifs is 2. The van der Waals surface area contributed by atoms with E-state index in [1.165, 1.54) is 16.8 Å². The molecule has 2 aliphatic rings. The van der Waals surface area contributed by atoms with E-state index in [2.05, 4.69) is 4.98 Å². The predicted molar refractivity (Wildman–Crippen MR) is 168 cm³/mol. The van der Waals surface area contributed by atoms with E-state index in [4.69, 9.17) is 26.1 Å². The molecule has 6 rings (SSSR count). The number of hydrogen-bond donors (Lipinski definition) is 0. The van der Waals surface area contributed by atoms with E-state index in [1.54, 1.807) is 56.9 Å². The molecule has 1 aromatic carbocycles. The van der Waals surface area contributed by atoms with Crippen molar-refractivity contribution >= 4 is 34.5 Å². The summed E-state index contributed by atoms with van der Waals surface area (Å²) in [5, 5.41) is 13.5. The van der Waals surface area contributed by atoms with Crippen LogP contribution >= 0.6 is 11.6 Å². The molecule has 2 aliphatic heterocycles. The number of carbonyl (C=O) groups excluding carboxylic acids is 1. The third-order valence-corrected chi connectivity index (χ3v) is 8.29. The van der Waals surface area contributed by atoms with Crippen LogP contribution in [-0.4, -0.2) is 63.4 Å². The molecule has 1 atom stereocenters. The average Bonchev–Trinajstić information content (AvgIpc) is 3.12. The normalized spacial score (nSPS) is 16.4. The van der Waals surface area contributed by atoms with Gasteiger partial charge in [-0.15, -0.1) is 0 Å². The third-order valence-electron chi connectivity index (χ3n) is 7.94. The molecule has 4 aromatic rings. The average molecular weight is 637 g/mol. The number of benzene rings is 1. The maximum absolute atomic E-state index is 15.2. The quantitative estimate of drug-likeness (QED) is 0.225. The number of anilines is 1. The molecule has 0 aliphatic carbocycles. The Kier molecular flexibility index (Phi) is 7.59. The van der Waals surface area contributed by atoms with E-state index in [9.17, 15) is 14.8 Å². The first-order chi connectivity index (χ1) is 21.3. The lowest BCUT2D eigenvalue weighted by atomic mass is 10.0. The maximum atomic E-state index is 15.2. The lowest BCUT2D eigenvalue weighted by Crippen LogP contribution is -2.57. The van der Waals surface area contributed by atoms with Gasteiger partial charge in [0.25, 0.3) is 0 Å². The Balaban J connectivity index is 1.62. The van der Waals surface area contributed by atoms with Crippen LogP contribution in [0.2, 0.25) is 5.02 Å². The number of carbonyl (C=O) groups is 1. The number of aryl methyl sites for hydroxylation is 1. The van der Waals surface area contributed by atoms with Crippen LogP contribution in [0.25, 0.3) is 28.0 Å². The van der Waals surface area contributed by atoms with Crippen LogP contribution in [0.15, 0.2) is 41.3 Å². The van der Waals surface area contributed by atoms with Gasteiger partial charge in [-0.25, -0.2) is 23.5 Å². The van der Waals surface area contributed by atoms with Gasteiger partial charge in [-0.2, -0.15) is 9.71 Å². The van der Waals surface area contributed by atoms with Crippen molar-refractivity contribution in [2.45, 2.75) is 59.1 Å². The van der Waals surface area contributed by atoms with Crippen LogP contribution < -0.4 is 20.1 Å². The molecule has 1 amide bonds. The fourth-order valence-corrected chi connectivity index (χ4v) is 6.26. The fourth-order valence-electron chi connectivity index (χ4n) is 5.97. The van der Waals surface area contributed by atoms with Gasteiger partial charge in [0.1, 0.15) is 39.9 Å². The Morgan fingerprint density at radius 3 is 2.62 bits per heavy atom. The van der Waals surface area contributed by atoms with Gasteiger partial charge in [-0.3, -0.25) is 0 Å². The predicted octanol–water partition coefficient (Wildman–Crippen LogP) is 5.12. The summed E-state index contributed by atoms with van der Waals surface area (Å²) in [5.41, 5.74) is 0.297. The molecule has 0 bridgehead atoms. The van der Waals surface area contributed by atoms with E-state index < -0.39 is 29.2 Å². The molecule has 5 heterocycles. The van der Waals surface area contributed by atoms with E-state index in [1.807, 2.05) is 18.7 Å². The standard InChI is InChI=1S/C32H34ClFN6O5/c1-17(2)25-26(18(3)11-12-39(25)43)40-29-22-27(23(33)24(35-29)20-9-7-8-10-21(20)34)44-16-19-15-37(31(42)45-32(4,5)6)13-14-38(19)28(22)36-30(40)41/h7-12,17,19H,13-16H2,1-6H3/t19-/m1/s1. The summed E-state index contributed by atoms with van der Waals surface area (Å²) in [6.45, 7) is 11.9. The van der Waals surface area contributed by atoms with E-state index in [0.29, 0.717) is 35.4 Å². The smallest absolute Gasteiger partial charge is 0.410 e. The highest BCUT2D eigenvalue weighted by atomic mass is 35.5. The second kappa shape index (κ2) is 11.2. The maximum Gasteiger partial charge on any atom is 0.410 e. The van der Waals surface area contributed by atoms with E-state index in [0.717, 1.165) is 4.73 Å². The number of aromatic nitrogens is 4. The monoisotopic (exact) mass is 636 g/mol. The molecule has 0 saturated carbocycles. The lowest BCUT2D eigenvalue weighted by molar-refractivity contribution is -0.615. The van der Waals surface area contributed by atoms with Crippen molar-refractivity contribution in [1.82, 2.24) is 19.4 Å². The highest BCUT2D eigenvalue weighted by molar-refractivity contribution is 6.36. The number of hydrogen-bond acceptors (Lipinski definition) is 8. The summed E-state index contributed by atoms with van der Waals surface area (Å²) >= 11 is 6.97. The number of rotatable bonds is 3. The van der Waals surface area contributed by atoms with Crippen molar-refractivity contribution in [3.63, 3.8) is 0 Å². The van der Waals surface area contributed by atoms with Crippen molar-refractivity contribution in [2.24, 2.45) is 0 Å². The summed E-state index contributed by atoms with van der Waals surface area (Å²) in [4.78, 5) is 40.0. The fraction of sp³-hybridized carbons (Fsp3) is 0.406. The number of halogens is 2. The first kappa shape index (κ1) is 30.6. The lowest BCUT2D eigenvalue weighted by Gasteiger charge is -2.41. The molecular weight excluding hydrogens is 603 g/mol. The van der Waals surface area contributed by atoms with Crippen molar-refractivity contribution in [2.75, 3.05) is 31.1 Å². The molecule has 45 heavy (non-hydrogen) atoms. The van der Waals surface area contributed by atoms with Gasteiger partial charge in [0.2, 0.25) is 5.69 Å².